The Kier molecular flexibility index (Phi) is 8.42. The molecular formula is C30H31ClN8O5. The number of anilines is 1. The van der Waals surface area contributed by atoms with Crippen molar-refractivity contribution in [3.05, 3.63) is 71.1 Å². The number of hydrogen-bond donors (Lipinski definition) is 3. The number of fused-ring (bicyclic) bond motifs is 1. The average Bonchev–Trinajstić information content (AvgIpc) is 3.80. The molecule has 3 N–H and O–H groups in total. The van der Waals surface area contributed by atoms with Crippen LogP contribution in [0.15, 0.2) is 54.9 Å². The summed E-state index contributed by atoms with van der Waals surface area (Å²) in [6.45, 7) is 1.93. The van der Waals surface area contributed by atoms with Crippen molar-refractivity contribution in [2.75, 3.05) is 32.1 Å². The van der Waals surface area contributed by atoms with Crippen LogP contribution in [0.25, 0.3) is 22.7 Å². The number of amides is 2. The number of halogens is 1. The number of benzene rings is 2. The van der Waals surface area contributed by atoms with Crippen LogP contribution in [0.3, 0.4) is 0 Å². The Labute approximate surface area is 257 Å². The maximum atomic E-state index is 14.0. The van der Waals surface area contributed by atoms with Gasteiger partial charge in [0, 0.05) is 66.0 Å². The number of ether oxygens (including phenoxy) is 1. The quantitative estimate of drug-likeness (QED) is 0.252. The number of likely N-dealkylation sites (tertiary alicyclic amines) is 2. The van der Waals surface area contributed by atoms with Crippen molar-refractivity contribution in [2.45, 2.75) is 37.5 Å². The lowest BCUT2D eigenvalue weighted by atomic mass is 10.0. The number of methoxy groups -OCH3 is 1. The average molecular weight is 619 g/mol. The van der Waals surface area contributed by atoms with Gasteiger partial charge >= 0.3 is 5.97 Å². The monoisotopic (exact) mass is 618 g/mol. The van der Waals surface area contributed by atoms with Crippen molar-refractivity contribution >= 4 is 52.1 Å². The lowest BCUT2D eigenvalue weighted by Crippen LogP contribution is -2.54. The van der Waals surface area contributed by atoms with E-state index in [-0.39, 0.29) is 29.7 Å². The van der Waals surface area contributed by atoms with Crippen LogP contribution < -0.4 is 5.32 Å². The van der Waals surface area contributed by atoms with Gasteiger partial charge in [0.25, 0.3) is 0 Å². The molecule has 2 aromatic carbocycles. The van der Waals surface area contributed by atoms with E-state index in [1.165, 1.54) is 23.2 Å². The standard InChI is InChI=1S/C30H31ClN8O5/c1-44-22-8-11-37(12-9-22)26-10-13-38(27(40)7-2-18-14-20(31)3-6-25(18)39-17-32-35-36-39)28(26)29(41)33-21-4-5-23-19(15-21)16-24(34-23)30(42)43/h2-7,14-17,22,26,28,34H,8-13H2,1H3,(H,33,41)(H,42,43)/b7-2+/t26-,28+/m1/s1. The number of carbonyl (C=O) groups excluding carboxylic acids is 2. The topological polar surface area (TPSA) is 159 Å². The van der Waals surface area contributed by atoms with Crippen LogP contribution in [0.1, 0.15) is 35.3 Å². The van der Waals surface area contributed by atoms with E-state index in [0.717, 1.165) is 25.9 Å². The van der Waals surface area contributed by atoms with Crippen molar-refractivity contribution in [3.8, 4) is 5.69 Å². The van der Waals surface area contributed by atoms with Gasteiger partial charge in [-0.3, -0.25) is 14.5 Å². The summed E-state index contributed by atoms with van der Waals surface area (Å²) >= 11 is 6.25. The van der Waals surface area contributed by atoms with Crippen molar-refractivity contribution in [3.63, 3.8) is 0 Å². The van der Waals surface area contributed by atoms with E-state index in [4.69, 9.17) is 16.3 Å². The number of tetrazole rings is 1. The molecule has 2 aromatic heterocycles. The van der Waals surface area contributed by atoms with Gasteiger partial charge in [0.2, 0.25) is 11.8 Å². The second kappa shape index (κ2) is 12.6. The second-order valence-electron chi connectivity index (χ2n) is 10.9. The molecular weight excluding hydrogens is 588 g/mol. The van der Waals surface area contributed by atoms with Crippen LogP contribution in [-0.2, 0) is 14.3 Å². The van der Waals surface area contributed by atoms with E-state index in [1.807, 2.05) is 0 Å². The van der Waals surface area contributed by atoms with Gasteiger partial charge in [-0.05, 0) is 78.2 Å². The molecule has 4 heterocycles. The number of piperidine rings is 1. The minimum absolute atomic E-state index is 0.0605. The first-order valence-corrected chi connectivity index (χ1v) is 14.6. The summed E-state index contributed by atoms with van der Waals surface area (Å²) in [7, 11) is 1.71. The highest BCUT2D eigenvalue weighted by Gasteiger charge is 2.44. The summed E-state index contributed by atoms with van der Waals surface area (Å²) in [6, 6.07) is 10.9. The Hall–Kier alpha value is -4.59. The number of aromatic amines is 1. The van der Waals surface area contributed by atoms with Crippen molar-refractivity contribution < 1.29 is 24.2 Å². The summed E-state index contributed by atoms with van der Waals surface area (Å²) in [6.07, 6.45) is 7.06. The van der Waals surface area contributed by atoms with Crippen LogP contribution in [0, 0.1) is 0 Å². The molecule has 2 atom stereocenters. The molecule has 2 saturated heterocycles. The number of rotatable bonds is 8. The molecule has 14 heteroatoms. The van der Waals surface area contributed by atoms with Crippen LogP contribution in [0.5, 0.6) is 0 Å². The Morgan fingerprint density at radius 3 is 2.64 bits per heavy atom. The molecule has 0 spiro atoms. The molecule has 2 fully saturated rings. The van der Waals surface area contributed by atoms with Crippen LogP contribution in [0.4, 0.5) is 5.69 Å². The maximum Gasteiger partial charge on any atom is 0.352 e. The van der Waals surface area contributed by atoms with Gasteiger partial charge in [0.05, 0.1) is 11.8 Å². The van der Waals surface area contributed by atoms with Gasteiger partial charge in [-0.25, -0.2) is 4.79 Å². The van der Waals surface area contributed by atoms with E-state index >= 15 is 0 Å². The van der Waals surface area contributed by atoms with Gasteiger partial charge in [-0.15, -0.1) is 5.10 Å². The molecule has 228 valence electrons. The molecule has 2 aliphatic rings. The summed E-state index contributed by atoms with van der Waals surface area (Å²) in [5.41, 5.74) is 2.49. The lowest BCUT2D eigenvalue weighted by molar-refractivity contribution is -0.134. The molecule has 2 amide bonds. The second-order valence-corrected chi connectivity index (χ2v) is 11.3. The normalized spacial score (nSPS) is 19.6. The summed E-state index contributed by atoms with van der Waals surface area (Å²) < 4.78 is 7.02. The SMILES string of the molecule is COC1CCN([C@@H]2CCN(C(=O)/C=C/c3cc(Cl)ccc3-n3cnnn3)[C@@H]2C(=O)Nc2ccc3[nH]c(C(=O)O)cc3c2)CC1. The molecule has 0 radical (unpaired) electrons. The summed E-state index contributed by atoms with van der Waals surface area (Å²) in [4.78, 5) is 45.8. The molecule has 13 nitrogen and oxygen atoms in total. The predicted molar refractivity (Wildman–Crippen MR) is 163 cm³/mol. The van der Waals surface area contributed by atoms with E-state index in [1.54, 1.807) is 54.5 Å². The van der Waals surface area contributed by atoms with Gasteiger partial charge in [0.1, 0.15) is 18.1 Å². The molecule has 0 unspecified atom stereocenters. The fourth-order valence-electron chi connectivity index (χ4n) is 6.10. The number of nitrogens with zero attached hydrogens (tertiary/aromatic N) is 6. The van der Waals surface area contributed by atoms with Crippen molar-refractivity contribution in [2.24, 2.45) is 0 Å². The van der Waals surface area contributed by atoms with E-state index in [9.17, 15) is 19.5 Å². The van der Waals surface area contributed by atoms with Gasteiger partial charge in [0.15, 0.2) is 0 Å². The van der Waals surface area contributed by atoms with Crippen LogP contribution in [0.2, 0.25) is 5.02 Å². The number of carbonyl (C=O) groups is 3. The number of carboxylic acids is 1. The smallest absolute Gasteiger partial charge is 0.352 e. The zero-order chi connectivity index (χ0) is 30.8. The highest BCUT2D eigenvalue weighted by atomic mass is 35.5. The summed E-state index contributed by atoms with van der Waals surface area (Å²) in [5.74, 6) is -1.69. The van der Waals surface area contributed by atoms with Gasteiger partial charge < -0.3 is 25.0 Å². The molecule has 4 aromatic rings. The lowest BCUT2D eigenvalue weighted by Gasteiger charge is -2.38. The summed E-state index contributed by atoms with van der Waals surface area (Å²) in [5, 5.41) is 24.8. The number of aromatic nitrogens is 5. The molecule has 0 saturated carbocycles. The number of H-pyrrole nitrogens is 1. The zero-order valence-corrected chi connectivity index (χ0v) is 24.6. The van der Waals surface area contributed by atoms with Crippen molar-refractivity contribution in [1.29, 1.82) is 0 Å². The molecule has 44 heavy (non-hydrogen) atoms. The minimum atomic E-state index is -1.07. The predicted octanol–water partition coefficient (Wildman–Crippen LogP) is 3.23. The van der Waals surface area contributed by atoms with Gasteiger partial charge in [-0.2, -0.15) is 4.68 Å². The molecule has 0 bridgehead atoms. The highest BCUT2D eigenvalue weighted by Crippen LogP contribution is 2.29. The van der Waals surface area contributed by atoms with E-state index in [0.29, 0.717) is 45.8 Å². The third-order valence-electron chi connectivity index (χ3n) is 8.31. The number of nitrogens with one attached hydrogen (secondary N) is 2. The fraction of sp³-hybridized carbons (Fsp3) is 0.333. The zero-order valence-electron chi connectivity index (χ0n) is 23.9. The Morgan fingerprint density at radius 2 is 1.91 bits per heavy atom. The number of carboxylic acid groups (broad SMARTS) is 1. The molecule has 6 rings (SSSR count). The number of hydrogen-bond acceptors (Lipinski definition) is 8. The first-order valence-electron chi connectivity index (χ1n) is 14.3. The van der Waals surface area contributed by atoms with Gasteiger partial charge in [-0.1, -0.05) is 11.6 Å². The Morgan fingerprint density at radius 1 is 1.09 bits per heavy atom. The fourth-order valence-corrected chi connectivity index (χ4v) is 6.28. The Balaban J connectivity index is 1.26. The van der Waals surface area contributed by atoms with E-state index in [2.05, 4.69) is 30.7 Å². The van der Waals surface area contributed by atoms with Crippen LogP contribution >= 0.6 is 11.6 Å². The first kappa shape index (κ1) is 29.5. The molecule has 2 aliphatic heterocycles. The maximum absolute atomic E-state index is 14.0. The van der Waals surface area contributed by atoms with Crippen molar-refractivity contribution in [1.82, 2.24) is 35.0 Å². The largest absolute Gasteiger partial charge is 0.477 e. The third-order valence-corrected chi connectivity index (χ3v) is 8.54. The number of aromatic carboxylic acids is 1. The molecule has 0 aliphatic carbocycles. The Bertz CT molecular complexity index is 1710. The van der Waals surface area contributed by atoms with E-state index < -0.39 is 12.0 Å². The van der Waals surface area contributed by atoms with Crippen LogP contribution in [-0.4, -0.2) is 103 Å². The minimum Gasteiger partial charge on any atom is -0.477 e. The first-order chi connectivity index (χ1) is 21.3. The third kappa shape index (κ3) is 6.07. The highest BCUT2D eigenvalue weighted by molar-refractivity contribution is 6.30.